The third-order valence-electron chi connectivity index (χ3n) is 2.35. The molecule has 1 aliphatic heterocycles. The third-order valence-corrected chi connectivity index (χ3v) is 2.68. The zero-order valence-corrected chi connectivity index (χ0v) is 8.10. The Hall–Kier alpha value is -0.440. The molecule has 0 aromatic carbocycles. The molecule has 0 saturated carbocycles. The van der Waals surface area contributed by atoms with Crippen LogP contribution in [0.5, 0.6) is 0 Å². The van der Waals surface area contributed by atoms with Crippen molar-refractivity contribution in [1.82, 2.24) is 5.32 Å². The summed E-state index contributed by atoms with van der Waals surface area (Å²) in [6.07, 6.45) is 0.523. The first-order valence-corrected chi connectivity index (χ1v) is 4.75. The predicted octanol–water partition coefficient (Wildman–Crippen LogP) is 1.75. The monoisotopic (exact) mass is 191 g/mol. The van der Waals surface area contributed by atoms with Gasteiger partial charge in [-0.25, -0.2) is 4.79 Å². The SMILES string of the molecule is CC[C@@H]1OC(=O)N[C@H](CCl)[C@H]1C. The number of ether oxygens (including phenoxy) is 1. The molecule has 0 aromatic rings. The molecule has 0 spiro atoms. The lowest BCUT2D eigenvalue weighted by Gasteiger charge is -2.34. The lowest BCUT2D eigenvalue weighted by atomic mass is 9.94. The number of nitrogens with one attached hydrogen (secondary N) is 1. The molecule has 3 nitrogen and oxygen atoms in total. The minimum absolute atomic E-state index is 0.0162. The van der Waals surface area contributed by atoms with Gasteiger partial charge in [-0.15, -0.1) is 11.6 Å². The van der Waals surface area contributed by atoms with E-state index in [0.29, 0.717) is 11.8 Å². The van der Waals surface area contributed by atoms with E-state index in [1.54, 1.807) is 0 Å². The summed E-state index contributed by atoms with van der Waals surface area (Å²) in [4.78, 5) is 11.0. The standard InChI is InChI=1S/C8H14ClNO2/c1-3-7-5(2)6(4-9)10-8(11)12-7/h5-7H,3-4H2,1-2H3,(H,10,11)/t5-,6-,7+/m1/s1. The van der Waals surface area contributed by atoms with Crippen molar-refractivity contribution in [2.75, 3.05) is 5.88 Å². The second kappa shape index (κ2) is 3.99. The van der Waals surface area contributed by atoms with Gasteiger partial charge < -0.3 is 10.1 Å². The molecule has 1 amide bonds. The molecule has 0 radical (unpaired) electrons. The molecular weight excluding hydrogens is 178 g/mol. The molecular formula is C8H14ClNO2. The van der Waals surface area contributed by atoms with Crippen molar-refractivity contribution in [1.29, 1.82) is 0 Å². The summed E-state index contributed by atoms with van der Waals surface area (Å²) in [5, 5.41) is 2.69. The van der Waals surface area contributed by atoms with Gasteiger partial charge in [0.05, 0.1) is 6.04 Å². The number of carbonyl (C=O) groups excluding carboxylic acids is 1. The summed E-state index contributed by atoms with van der Waals surface area (Å²) in [6, 6.07) is 0.0536. The Morgan fingerprint density at radius 3 is 2.83 bits per heavy atom. The van der Waals surface area contributed by atoms with Crippen molar-refractivity contribution in [3.8, 4) is 0 Å². The van der Waals surface area contributed by atoms with Gasteiger partial charge in [0.1, 0.15) is 6.10 Å². The molecule has 0 aromatic heterocycles. The average Bonchev–Trinajstić information content (AvgIpc) is 2.08. The topological polar surface area (TPSA) is 38.3 Å². The van der Waals surface area contributed by atoms with Gasteiger partial charge in [0.25, 0.3) is 0 Å². The minimum atomic E-state index is -0.342. The molecule has 1 rings (SSSR count). The first kappa shape index (κ1) is 9.65. The van der Waals surface area contributed by atoms with Gasteiger partial charge in [-0.1, -0.05) is 13.8 Å². The van der Waals surface area contributed by atoms with E-state index in [-0.39, 0.29) is 18.2 Å². The zero-order valence-electron chi connectivity index (χ0n) is 7.34. The molecule has 0 unspecified atom stereocenters. The van der Waals surface area contributed by atoms with Crippen LogP contribution >= 0.6 is 11.6 Å². The quantitative estimate of drug-likeness (QED) is 0.676. The molecule has 0 aliphatic carbocycles. The maximum absolute atomic E-state index is 11.0. The number of alkyl halides is 1. The summed E-state index contributed by atoms with van der Waals surface area (Å²) < 4.78 is 5.07. The van der Waals surface area contributed by atoms with Gasteiger partial charge in [0.2, 0.25) is 0 Å². The Kier molecular flexibility index (Phi) is 3.20. The number of rotatable bonds is 2. The fourth-order valence-corrected chi connectivity index (χ4v) is 1.81. The van der Waals surface area contributed by atoms with Crippen molar-refractivity contribution in [3.05, 3.63) is 0 Å². The Labute approximate surface area is 77.4 Å². The highest BCUT2D eigenvalue weighted by Crippen LogP contribution is 2.20. The molecule has 1 N–H and O–H groups in total. The van der Waals surface area contributed by atoms with E-state index in [0.717, 1.165) is 6.42 Å². The molecule has 0 bridgehead atoms. The van der Waals surface area contributed by atoms with Gasteiger partial charge in [-0.2, -0.15) is 0 Å². The average molecular weight is 192 g/mol. The van der Waals surface area contributed by atoms with E-state index in [1.165, 1.54) is 0 Å². The van der Waals surface area contributed by atoms with Gasteiger partial charge >= 0.3 is 6.09 Å². The molecule has 1 aliphatic rings. The van der Waals surface area contributed by atoms with E-state index in [1.807, 2.05) is 13.8 Å². The minimum Gasteiger partial charge on any atom is -0.446 e. The van der Waals surface area contributed by atoms with Crippen LogP contribution in [-0.4, -0.2) is 24.1 Å². The fraction of sp³-hybridized carbons (Fsp3) is 0.875. The van der Waals surface area contributed by atoms with Crippen LogP contribution in [0.4, 0.5) is 4.79 Å². The molecule has 1 saturated heterocycles. The van der Waals surface area contributed by atoms with Crippen LogP contribution in [0.3, 0.4) is 0 Å². The normalized spacial score (nSPS) is 35.6. The highest BCUT2D eigenvalue weighted by molar-refractivity contribution is 6.18. The van der Waals surface area contributed by atoms with Crippen molar-refractivity contribution in [2.45, 2.75) is 32.4 Å². The largest absolute Gasteiger partial charge is 0.446 e. The zero-order chi connectivity index (χ0) is 9.14. The second-order valence-corrected chi connectivity index (χ2v) is 3.42. The maximum atomic E-state index is 11.0. The van der Waals surface area contributed by atoms with E-state index in [2.05, 4.69) is 5.32 Å². The van der Waals surface area contributed by atoms with Crippen LogP contribution < -0.4 is 5.32 Å². The Bertz CT molecular complexity index is 158. The van der Waals surface area contributed by atoms with Gasteiger partial charge in [0, 0.05) is 11.8 Å². The maximum Gasteiger partial charge on any atom is 0.407 e. The van der Waals surface area contributed by atoms with E-state index in [9.17, 15) is 4.79 Å². The summed E-state index contributed by atoms with van der Waals surface area (Å²) in [7, 11) is 0. The van der Waals surface area contributed by atoms with Crippen LogP contribution in [-0.2, 0) is 4.74 Å². The van der Waals surface area contributed by atoms with Crippen molar-refractivity contribution in [3.63, 3.8) is 0 Å². The number of hydrogen-bond acceptors (Lipinski definition) is 2. The number of hydrogen-bond donors (Lipinski definition) is 1. The Morgan fingerprint density at radius 2 is 2.33 bits per heavy atom. The van der Waals surface area contributed by atoms with E-state index < -0.39 is 0 Å². The fourth-order valence-electron chi connectivity index (χ4n) is 1.45. The summed E-state index contributed by atoms with van der Waals surface area (Å²) in [6.45, 7) is 4.05. The lowest BCUT2D eigenvalue weighted by molar-refractivity contribution is 0.0243. The number of carbonyl (C=O) groups is 1. The molecule has 1 heterocycles. The van der Waals surface area contributed by atoms with Gasteiger partial charge in [-0.05, 0) is 6.42 Å². The molecule has 4 heteroatoms. The molecule has 3 atom stereocenters. The molecule has 1 fully saturated rings. The van der Waals surface area contributed by atoms with Crippen molar-refractivity contribution in [2.24, 2.45) is 5.92 Å². The van der Waals surface area contributed by atoms with Crippen LogP contribution in [0.25, 0.3) is 0 Å². The van der Waals surface area contributed by atoms with Crippen LogP contribution in [0.2, 0.25) is 0 Å². The highest BCUT2D eigenvalue weighted by atomic mass is 35.5. The number of cyclic esters (lactones) is 1. The lowest BCUT2D eigenvalue weighted by Crippen LogP contribution is -2.52. The number of alkyl carbamates (subject to hydrolysis) is 1. The number of amides is 1. The summed E-state index contributed by atoms with van der Waals surface area (Å²) in [5.41, 5.74) is 0. The summed E-state index contributed by atoms with van der Waals surface area (Å²) in [5.74, 6) is 0.748. The smallest absolute Gasteiger partial charge is 0.407 e. The second-order valence-electron chi connectivity index (χ2n) is 3.12. The first-order valence-electron chi connectivity index (χ1n) is 4.22. The Balaban J connectivity index is 2.61. The number of halogens is 1. The van der Waals surface area contributed by atoms with Gasteiger partial charge in [0.15, 0.2) is 0 Å². The predicted molar refractivity (Wildman–Crippen MR) is 47.4 cm³/mol. The first-order chi connectivity index (χ1) is 5.69. The van der Waals surface area contributed by atoms with Crippen LogP contribution in [0, 0.1) is 5.92 Å². The van der Waals surface area contributed by atoms with Crippen molar-refractivity contribution >= 4 is 17.7 Å². The highest BCUT2D eigenvalue weighted by Gasteiger charge is 2.33. The molecule has 12 heavy (non-hydrogen) atoms. The van der Waals surface area contributed by atoms with Crippen LogP contribution in [0.15, 0.2) is 0 Å². The van der Waals surface area contributed by atoms with E-state index >= 15 is 0 Å². The van der Waals surface area contributed by atoms with Crippen molar-refractivity contribution < 1.29 is 9.53 Å². The summed E-state index contributed by atoms with van der Waals surface area (Å²) >= 11 is 5.69. The van der Waals surface area contributed by atoms with Crippen LogP contribution in [0.1, 0.15) is 20.3 Å². The Morgan fingerprint density at radius 1 is 1.67 bits per heavy atom. The van der Waals surface area contributed by atoms with E-state index in [4.69, 9.17) is 16.3 Å². The van der Waals surface area contributed by atoms with Gasteiger partial charge in [-0.3, -0.25) is 0 Å². The molecule has 70 valence electrons. The third kappa shape index (κ3) is 1.83.